The van der Waals surface area contributed by atoms with E-state index in [1.165, 1.54) is 41.5 Å². The monoisotopic (exact) mass is 307 g/mol. The molecule has 4 nitrogen and oxygen atoms in total. The summed E-state index contributed by atoms with van der Waals surface area (Å²) >= 11 is 0. The van der Waals surface area contributed by atoms with E-state index >= 15 is 0 Å². The van der Waals surface area contributed by atoms with Gasteiger partial charge in [-0.2, -0.15) is 0 Å². The van der Waals surface area contributed by atoms with Crippen molar-refractivity contribution in [2.45, 2.75) is 39.0 Å². The van der Waals surface area contributed by atoms with Crippen molar-refractivity contribution >= 4 is 11.6 Å². The predicted octanol–water partition coefficient (Wildman–Crippen LogP) is 3.13. The maximum Gasteiger partial charge on any atom is 0.193 e. The molecule has 0 fully saturated rings. The van der Waals surface area contributed by atoms with Crippen LogP contribution in [0.25, 0.3) is 0 Å². The van der Waals surface area contributed by atoms with Crippen molar-refractivity contribution in [2.24, 2.45) is 10.7 Å². The molecule has 118 valence electrons. The summed E-state index contributed by atoms with van der Waals surface area (Å²) in [7, 11) is 0. The summed E-state index contributed by atoms with van der Waals surface area (Å²) in [5, 5.41) is 3.20. The van der Waals surface area contributed by atoms with Crippen LogP contribution in [-0.4, -0.2) is 5.96 Å². The third-order valence-corrected chi connectivity index (χ3v) is 4.59. The molecule has 1 heterocycles. The average Bonchev–Trinajstić information content (AvgIpc) is 3.20. The molecule has 0 aromatic heterocycles. The minimum atomic E-state index is 0.458. The highest BCUT2D eigenvalue weighted by atomic mass is 16.5. The molecule has 2 aromatic carbocycles. The number of ether oxygens (including phenoxy) is 1. The van der Waals surface area contributed by atoms with Gasteiger partial charge in [-0.15, -0.1) is 0 Å². The van der Waals surface area contributed by atoms with E-state index in [0.717, 1.165) is 17.9 Å². The van der Waals surface area contributed by atoms with E-state index in [0.29, 0.717) is 19.1 Å². The fourth-order valence-corrected chi connectivity index (χ4v) is 3.34. The van der Waals surface area contributed by atoms with Gasteiger partial charge >= 0.3 is 0 Å². The molecule has 1 aliphatic carbocycles. The zero-order valence-electron chi connectivity index (χ0n) is 13.1. The van der Waals surface area contributed by atoms with Crippen molar-refractivity contribution in [1.29, 1.82) is 0 Å². The summed E-state index contributed by atoms with van der Waals surface area (Å²) in [5.41, 5.74) is 13.7. The van der Waals surface area contributed by atoms with Gasteiger partial charge in [-0.1, -0.05) is 24.3 Å². The van der Waals surface area contributed by atoms with Crippen LogP contribution in [0.5, 0.6) is 0 Å². The largest absolute Gasteiger partial charge is 0.372 e. The van der Waals surface area contributed by atoms with Gasteiger partial charge in [0.2, 0.25) is 0 Å². The minimum Gasteiger partial charge on any atom is -0.372 e. The molecule has 0 amide bonds. The molecule has 0 saturated carbocycles. The highest BCUT2D eigenvalue weighted by molar-refractivity contribution is 5.92. The second kappa shape index (κ2) is 6.05. The van der Waals surface area contributed by atoms with Gasteiger partial charge in [0.05, 0.1) is 19.8 Å². The number of fused-ring (bicyclic) bond motifs is 2. The lowest BCUT2D eigenvalue weighted by Crippen LogP contribution is -2.22. The van der Waals surface area contributed by atoms with Gasteiger partial charge in [0, 0.05) is 5.69 Å². The van der Waals surface area contributed by atoms with Gasteiger partial charge in [0.15, 0.2) is 5.96 Å². The van der Waals surface area contributed by atoms with Crippen LogP contribution >= 0.6 is 0 Å². The first-order valence-electron chi connectivity index (χ1n) is 8.15. The summed E-state index contributed by atoms with van der Waals surface area (Å²) in [4.78, 5) is 4.45. The van der Waals surface area contributed by atoms with E-state index in [1.54, 1.807) is 0 Å². The summed E-state index contributed by atoms with van der Waals surface area (Å²) in [6.07, 6.45) is 3.62. The Balaban J connectivity index is 1.42. The third kappa shape index (κ3) is 3.08. The van der Waals surface area contributed by atoms with Crippen LogP contribution in [0, 0.1) is 0 Å². The van der Waals surface area contributed by atoms with Crippen LogP contribution in [0.3, 0.4) is 0 Å². The fraction of sp³-hybridized carbons (Fsp3) is 0.316. The lowest BCUT2D eigenvalue weighted by Gasteiger charge is -2.08. The van der Waals surface area contributed by atoms with Crippen LogP contribution in [-0.2, 0) is 37.3 Å². The second-order valence-electron chi connectivity index (χ2n) is 6.26. The topological polar surface area (TPSA) is 59.6 Å². The van der Waals surface area contributed by atoms with Crippen LogP contribution in [0.1, 0.15) is 34.2 Å². The highest BCUT2D eigenvalue weighted by Gasteiger charge is 2.12. The van der Waals surface area contributed by atoms with Gasteiger partial charge in [-0.25, -0.2) is 4.99 Å². The van der Waals surface area contributed by atoms with E-state index in [1.807, 2.05) is 0 Å². The maximum atomic E-state index is 6.03. The normalized spacial score (nSPS) is 16.3. The van der Waals surface area contributed by atoms with Crippen LogP contribution < -0.4 is 11.1 Å². The Labute approximate surface area is 136 Å². The molecule has 4 heteroatoms. The molecule has 2 aliphatic rings. The number of anilines is 1. The second-order valence-corrected chi connectivity index (χ2v) is 6.26. The molecule has 4 rings (SSSR count). The van der Waals surface area contributed by atoms with E-state index in [2.05, 4.69) is 46.7 Å². The number of benzene rings is 2. The highest BCUT2D eigenvalue weighted by Crippen LogP contribution is 2.25. The molecule has 0 unspecified atom stereocenters. The number of aryl methyl sites for hydroxylation is 2. The molecular formula is C19H21N3O. The standard InChI is InChI=1S/C19H21N3O/c20-19(22-18-7-6-14-2-1-3-15(14)9-18)21-10-13-4-5-16-11-23-12-17(16)8-13/h4-9H,1-3,10-12H2,(H3,20,21,22). The number of nitrogens with one attached hydrogen (secondary N) is 1. The zero-order valence-corrected chi connectivity index (χ0v) is 13.1. The first-order chi connectivity index (χ1) is 11.3. The first kappa shape index (κ1) is 14.3. The smallest absolute Gasteiger partial charge is 0.193 e. The van der Waals surface area contributed by atoms with Crippen LogP contribution in [0.4, 0.5) is 5.69 Å². The molecule has 0 radical (unpaired) electrons. The quantitative estimate of drug-likeness (QED) is 0.676. The van der Waals surface area contributed by atoms with Gasteiger partial charge in [-0.3, -0.25) is 0 Å². The molecule has 0 atom stereocenters. The van der Waals surface area contributed by atoms with Crippen molar-refractivity contribution in [1.82, 2.24) is 0 Å². The van der Waals surface area contributed by atoms with E-state index < -0.39 is 0 Å². The molecule has 0 bridgehead atoms. The summed E-state index contributed by atoms with van der Waals surface area (Å²) in [6.45, 7) is 2.01. The molecule has 0 saturated heterocycles. The lowest BCUT2D eigenvalue weighted by molar-refractivity contribution is 0.134. The van der Waals surface area contributed by atoms with E-state index in [9.17, 15) is 0 Å². The fourth-order valence-electron chi connectivity index (χ4n) is 3.34. The molecule has 1 aliphatic heterocycles. The van der Waals surface area contributed by atoms with Crippen LogP contribution in [0.2, 0.25) is 0 Å². The summed E-state index contributed by atoms with van der Waals surface area (Å²) < 4.78 is 5.44. The molecule has 3 N–H and O–H groups in total. The molecule has 23 heavy (non-hydrogen) atoms. The average molecular weight is 307 g/mol. The third-order valence-electron chi connectivity index (χ3n) is 4.59. The van der Waals surface area contributed by atoms with Crippen molar-refractivity contribution in [3.05, 3.63) is 64.2 Å². The molecular weight excluding hydrogens is 286 g/mol. The Morgan fingerprint density at radius 3 is 2.78 bits per heavy atom. The Morgan fingerprint density at radius 2 is 1.83 bits per heavy atom. The number of hydrogen-bond donors (Lipinski definition) is 2. The number of nitrogens with zero attached hydrogens (tertiary/aromatic N) is 1. The van der Waals surface area contributed by atoms with Crippen molar-refractivity contribution < 1.29 is 4.74 Å². The van der Waals surface area contributed by atoms with E-state index in [-0.39, 0.29) is 0 Å². The van der Waals surface area contributed by atoms with Crippen LogP contribution in [0.15, 0.2) is 41.4 Å². The Bertz CT molecular complexity index is 767. The zero-order chi connectivity index (χ0) is 15.6. The molecule has 2 aromatic rings. The summed E-state index contributed by atoms with van der Waals surface area (Å²) in [5.74, 6) is 0.458. The van der Waals surface area contributed by atoms with Gasteiger partial charge in [0.1, 0.15) is 0 Å². The Hall–Kier alpha value is -2.33. The Morgan fingerprint density at radius 1 is 1.00 bits per heavy atom. The van der Waals surface area contributed by atoms with E-state index in [4.69, 9.17) is 10.5 Å². The first-order valence-corrected chi connectivity index (χ1v) is 8.15. The number of nitrogens with two attached hydrogens (primary N) is 1. The van der Waals surface area contributed by atoms with Crippen molar-refractivity contribution in [2.75, 3.05) is 5.32 Å². The van der Waals surface area contributed by atoms with Crippen molar-refractivity contribution in [3.63, 3.8) is 0 Å². The number of rotatable bonds is 3. The number of aliphatic imine (C=N–C) groups is 1. The maximum absolute atomic E-state index is 6.03. The predicted molar refractivity (Wildman–Crippen MR) is 92.4 cm³/mol. The minimum absolute atomic E-state index is 0.458. The SMILES string of the molecule is NC(=NCc1ccc2c(c1)COC2)Nc1ccc2c(c1)CCC2. The molecule has 0 spiro atoms. The Kier molecular flexibility index (Phi) is 3.75. The number of guanidine groups is 1. The lowest BCUT2D eigenvalue weighted by atomic mass is 10.1. The van der Waals surface area contributed by atoms with Gasteiger partial charge in [0.25, 0.3) is 0 Å². The number of hydrogen-bond acceptors (Lipinski definition) is 2. The summed E-state index contributed by atoms with van der Waals surface area (Å²) in [6, 6.07) is 12.8. The van der Waals surface area contributed by atoms with Gasteiger partial charge < -0.3 is 15.8 Å². The van der Waals surface area contributed by atoms with Gasteiger partial charge in [-0.05, 0) is 59.2 Å². The van der Waals surface area contributed by atoms with Crippen molar-refractivity contribution in [3.8, 4) is 0 Å².